The van der Waals surface area contributed by atoms with Crippen molar-refractivity contribution < 1.29 is 14.4 Å². The number of amides is 3. The van der Waals surface area contributed by atoms with Crippen LogP contribution in [-0.2, 0) is 20.9 Å². The first kappa shape index (κ1) is 27.5. The largest absolute Gasteiger partial charge is 0.369 e. The van der Waals surface area contributed by atoms with Crippen LogP contribution in [0.2, 0.25) is 0 Å². The van der Waals surface area contributed by atoms with Crippen LogP contribution in [0, 0.1) is 18.3 Å². The van der Waals surface area contributed by atoms with Gasteiger partial charge in [0.2, 0.25) is 17.7 Å². The summed E-state index contributed by atoms with van der Waals surface area (Å²) in [5, 5.41) is 3.01. The molecular weight excluding hydrogens is 448 g/mol. The molecule has 0 radical (unpaired) electrons. The van der Waals surface area contributed by atoms with Crippen molar-refractivity contribution in [1.29, 1.82) is 0 Å². The Balaban J connectivity index is 0.000000604. The third-order valence-electron chi connectivity index (χ3n) is 5.55. The van der Waals surface area contributed by atoms with Crippen molar-refractivity contribution in [2.24, 2.45) is 17.1 Å². The van der Waals surface area contributed by atoms with E-state index in [0.717, 1.165) is 29.7 Å². The summed E-state index contributed by atoms with van der Waals surface area (Å²) in [7, 11) is 0. The number of primary amides is 1. The molecule has 8 heteroatoms. The van der Waals surface area contributed by atoms with Crippen LogP contribution < -0.4 is 11.1 Å². The van der Waals surface area contributed by atoms with E-state index in [1.165, 1.54) is 4.88 Å². The summed E-state index contributed by atoms with van der Waals surface area (Å²) in [6.45, 7) is 12.8. The van der Waals surface area contributed by atoms with Gasteiger partial charge in [-0.05, 0) is 36.3 Å². The third-order valence-corrected chi connectivity index (χ3v) is 6.53. The Morgan fingerprint density at radius 1 is 1.21 bits per heavy atom. The zero-order chi connectivity index (χ0) is 25.5. The van der Waals surface area contributed by atoms with Gasteiger partial charge in [0.05, 0.1) is 16.1 Å². The molecule has 0 spiro atoms. The number of aromatic nitrogens is 1. The van der Waals surface area contributed by atoms with Crippen molar-refractivity contribution in [3.63, 3.8) is 0 Å². The lowest BCUT2D eigenvalue weighted by Gasteiger charge is -2.27. The number of hydrogen-bond donors (Lipinski definition) is 2. The molecule has 3 amide bonds. The lowest BCUT2D eigenvalue weighted by atomic mass is 9.91. The number of hydrogen-bond acceptors (Lipinski definition) is 5. The Hall–Kier alpha value is -2.74. The molecule has 2 aromatic rings. The molecule has 0 bridgehead atoms. The molecule has 1 fully saturated rings. The zero-order valence-electron chi connectivity index (χ0n) is 21.2. The normalized spacial score (nSPS) is 15.6. The van der Waals surface area contributed by atoms with Crippen molar-refractivity contribution in [3.05, 3.63) is 41.0 Å². The van der Waals surface area contributed by atoms with Gasteiger partial charge < -0.3 is 16.0 Å². The number of carbonyl (C=O) groups excluding carboxylic acids is 3. The fourth-order valence-electron chi connectivity index (χ4n) is 3.55. The molecule has 0 aliphatic carbocycles. The summed E-state index contributed by atoms with van der Waals surface area (Å²) in [4.78, 5) is 42.4. The molecule has 3 rings (SSSR count). The summed E-state index contributed by atoms with van der Waals surface area (Å²) in [6, 6.07) is 7.86. The summed E-state index contributed by atoms with van der Waals surface area (Å²) < 4.78 is 0. The maximum atomic E-state index is 12.7. The van der Waals surface area contributed by atoms with E-state index < -0.39 is 0 Å². The molecule has 2 heterocycles. The molecule has 0 saturated carbocycles. The zero-order valence-corrected chi connectivity index (χ0v) is 22.0. The lowest BCUT2D eigenvalue weighted by molar-refractivity contribution is -0.139. The van der Waals surface area contributed by atoms with Crippen LogP contribution in [0.5, 0.6) is 0 Å². The van der Waals surface area contributed by atoms with Crippen molar-refractivity contribution >= 4 is 29.1 Å². The molecule has 186 valence electrons. The quantitative estimate of drug-likeness (QED) is 0.635. The maximum Gasteiger partial charge on any atom is 0.243 e. The Labute approximate surface area is 207 Å². The van der Waals surface area contributed by atoms with E-state index in [2.05, 4.69) is 22.4 Å². The van der Waals surface area contributed by atoms with Gasteiger partial charge in [-0.3, -0.25) is 14.4 Å². The minimum atomic E-state index is -0.339. The van der Waals surface area contributed by atoms with Crippen LogP contribution in [0.25, 0.3) is 10.4 Å². The van der Waals surface area contributed by atoms with Gasteiger partial charge in [0.1, 0.15) is 6.04 Å². The number of benzene rings is 1. The van der Waals surface area contributed by atoms with Crippen LogP contribution in [-0.4, -0.2) is 40.2 Å². The number of carbonyl (C=O) groups is 3. The molecule has 1 unspecified atom stereocenters. The maximum absolute atomic E-state index is 12.7. The smallest absolute Gasteiger partial charge is 0.243 e. The number of likely N-dealkylation sites (tertiary alicyclic amines) is 1. The minimum Gasteiger partial charge on any atom is -0.369 e. The number of nitrogens with two attached hydrogens (primary N) is 1. The first-order valence-electron chi connectivity index (χ1n) is 11.7. The first-order chi connectivity index (χ1) is 15.9. The summed E-state index contributed by atoms with van der Waals surface area (Å²) in [6.07, 6.45) is 2.09. The average Bonchev–Trinajstić information content (AvgIpc) is 3.41. The van der Waals surface area contributed by atoms with Gasteiger partial charge in [0.15, 0.2) is 0 Å². The predicted octanol–water partition coefficient (Wildman–Crippen LogP) is 4.29. The predicted molar refractivity (Wildman–Crippen MR) is 137 cm³/mol. The second-order valence-corrected chi connectivity index (χ2v) is 11.1. The number of rotatable bonds is 6. The summed E-state index contributed by atoms with van der Waals surface area (Å²) in [5.41, 5.74) is 9.80. The van der Waals surface area contributed by atoms with Gasteiger partial charge in [0.25, 0.3) is 0 Å². The highest BCUT2D eigenvalue weighted by Crippen LogP contribution is 2.27. The van der Waals surface area contributed by atoms with E-state index in [9.17, 15) is 14.4 Å². The number of aryl methyl sites for hydroxylation is 1. The van der Waals surface area contributed by atoms with E-state index >= 15 is 0 Å². The van der Waals surface area contributed by atoms with Gasteiger partial charge in [-0.15, -0.1) is 11.3 Å². The third kappa shape index (κ3) is 8.24. The number of thiazole rings is 1. The van der Waals surface area contributed by atoms with Crippen molar-refractivity contribution in [1.82, 2.24) is 15.2 Å². The fraction of sp³-hybridized carbons (Fsp3) is 0.538. The Morgan fingerprint density at radius 2 is 1.82 bits per heavy atom. The molecule has 1 aromatic carbocycles. The average molecular weight is 487 g/mol. The van der Waals surface area contributed by atoms with Crippen LogP contribution in [0.1, 0.15) is 65.1 Å². The van der Waals surface area contributed by atoms with Gasteiger partial charge in [-0.2, -0.15) is 0 Å². The van der Waals surface area contributed by atoms with Gasteiger partial charge in [0, 0.05) is 25.4 Å². The van der Waals surface area contributed by atoms with Crippen molar-refractivity contribution in [3.8, 4) is 10.4 Å². The molecule has 3 N–H and O–H groups in total. The highest BCUT2D eigenvalue weighted by atomic mass is 32.1. The second kappa shape index (κ2) is 12.1. The second-order valence-electron chi connectivity index (χ2n) is 10.2. The Kier molecular flexibility index (Phi) is 9.79. The summed E-state index contributed by atoms with van der Waals surface area (Å²) >= 11 is 1.63. The molecule has 1 saturated heterocycles. The highest BCUT2D eigenvalue weighted by molar-refractivity contribution is 7.13. The highest BCUT2D eigenvalue weighted by Gasteiger charge is 2.35. The minimum absolute atomic E-state index is 0.00926. The van der Waals surface area contributed by atoms with Gasteiger partial charge >= 0.3 is 0 Å². The topological polar surface area (TPSA) is 105 Å². The van der Waals surface area contributed by atoms with Gasteiger partial charge in [-0.25, -0.2) is 4.98 Å². The molecule has 34 heavy (non-hydrogen) atoms. The van der Waals surface area contributed by atoms with Crippen molar-refractivity contribution in [2.75, 3.05) is 6.54 Å². The number of nitrogens with zero attached hydrogens (tertiary/aromatic N) is 2. The molecule has 1 atom stereocenters. The number of nitrogens with one attached hydrogen (secondary N) is 1. The van der Waals surface area contributed by atoms with E-state index in [1.54, 1.807) is 30.1 Å². The van der Waals surface area contributed by atoms with Crippen LogP contribution >= 0.6 is 11.3 Å². The van der Waals surface area contributed by atoms with Crippen LogP contribution in [0.3, 0.4) is 0 Å². The first-order valence-corrected chi connectivity index (χ1v) is 12.6. The molecule has 1 aliphatic heterocycles. The SMILES string of the molecule is CC(C)C(N)=O.Cc1ncsc1-c1ccc(CNC(=O)C2CCCN2C(=O)CC(C)(C)C)cc1. The molecule has 1 aromatic heterocycles. The molecular formula is C26H38N4O3S. The van der Waals surface area contributed by atoms with E-state index in [-0.39, 0.29) is 35.1 Å². The van der Waals surface area contributed by atoms with E-state index in [4.69, 9.17) is 5.73 Å². The van der Waals surface area contributed by atoms with Crippen molar-refractivity contribution in [2.45, 2.75) is 73.4 Å². The lowest BCUT2D eigenvalue weighted by Crippen LogP contribution is -2.46. The standard InChI is InChI=1S/C22H29N3O2S.C4H9NO/c1-15-20(28-14-24-15)17-9-7-16(8-10-17)13-23-21(27)18-6-5-11-25(18)19(26)12-22(2,3)4;1-3(2)4(5)6/h7-10,14,18H,5-6,11-13H2,1-4H3,(H,23,27);3H,1-2H3,(H2,5,6). The molecule has 7 nitrogen and oxygen atoms in total. The monoisotopic (exact) mass is 486 g/mol. The van der Waals surface area contributed by atoms with Crippen LogP contribution in [0.15, 0.2) is 29.8 Å². The Bertz CT molecular complexity index is 977. The van der Waals surface area contributed by atoms with Crippen LogP contribution in [0.4, 0.5) is 0 Å². The summed E-state index contributed by atoms with van der Waals surface area (Å²) in [5.74, 6) is -0.225. The van der Waals surface area contributed by atoms with E-state index in [0.29, 0.717) is 19.5 Å². The van der Waals surface area contributed by atoms with Gasteiger partial charge in [-0.1, -0.05) is 58.9 Å². The van der Waals surface area contributed by atoms with E-state index in [1.807, 2.05) is 45.3 Å². The fourth-order valence-corrected chi connectivity index (χ4v) is 4.36. The molecule has 1 aliphatic rings. The Morgan fingerprint density at radius 3 is 2.32 bits per heavy atom.